The quantitative estimate of drug-likeness (QED) is 0.0123. The summed E-state index contributed by atoms with van der Waals surface area (Å²) >= 11 is 4.24. The molecule has 1 aliphatic rings. The Morgan fingerprint density at radius 1 is 0.731 bits per heavy atom. The standard InChI is InChI=1S/C43H71N13O10S/c1-24(2)20-30(53-37(60)28(14-8-9-17-44)51-35(58)25(3)45)40(63)52-29(15-10-18-49-43(47)48)38(61)54-31(21-27-12-6-5-7-13-27)39(62)50-26(4)36(59)55-32(23-67)41(64)56-19-11-16-33(56)42(65)66-22-34(46)57/h5-7,12-13,24-26,28-33,67H,8-11,14-23,44-45H2,1-4H3,(H2,46,57)(H,50,62)(H,51,58)(H,52,63)(H,53,60)(H,54,61)(H,55,59)(H4,47,48,49)/t25-,26-,28-,29-,30-,31-,32-,33?/m0/s1. The van der Waals surface area contributed by atoms with Crippen LogP contribution in [0.25, 0.3) is 0 Å². The van der Waals surface area contributed by atoms with Gasteiger partial charge >= 0.3 is 5.97 Å². The van der Waals surface area contributed by atoms with E-state index in [0.29, 0.717) is 31.4 Å². The number of aliphatic imine (C=N–C) groups is 1. The summed E-state index contributed by atoms with van der Waals surface area (Å²) in [4.78, 5) is 124. The van der Waals surface area contributed by atoms with Crippen molar-refractivity contribution in [3.8, 4) is 0 Å². The summed E-state index contributed by atoms with van der Waals surface area (Å²) in [6.45, 7) is 6.49. The number of thiol groups is 1. The number of guanidine groups is 1. The van der Waals surface area contributed by atoms with E-state index in [2.05, 4.69) is 49.5 Å². The lowest BCUT2D eigenvalue weighted by atomic mass is 10.0. The van der Waals surface area contributed by atoms with Crippen LogP contribution < -0.4 is 60.6 Å². The molecular formula is C43H71N13O10S. The number of nitrogens with zero attached hydrogens (tertiary/aromatic N) is 2. The summed E-state index contributed by atoms with van der Waals surface area (Å²) in [5, 5.41) is 16.0. The number of carbonyl (C=O) groups excluding carboxylic acids is 9. The van der Waals surface area contributed by atoms with Crippen LogP contribution in [-0.4, -0.2) is 144 Å². The molecule has 8 atom stereocenters. The van der Waals surface area contributed by atoms with E-state index >= 15 is 0 Å². The van der Waals surface area contributed by atoms with Gasteiger partial charge < -0.3 is 70.2 Å². The van der Waals surface area contributed by atoms with Gasteiger partial charge in [-0.2, -0.15) is 12.6 Å². The molecule has 1 aromatic rings. The molecule has 0 spiro atoms. The van der Waals surface area contributed by atoms with Crippen molar-refractivity contribution in [2.75, 3.05) is 32.0 Å². The minimum absolute atomic E-state index is 0.0127. The van der Waals surface area contributed by atoms with Crippen LogP contribution in [0.5, 0.6) is 0 Å². The van der Waals surface area contributed by atoms with Crippen molar-refractivity contribution in [1.82, 2.24) is 36.8 Å². The largest absolute Gasteiger partial charge is 0.454 e. The van der Waals surface area contributed by atoms with Gasteiger partial charge in [-0.3, -0.25) is 43.3 Å². The van der Waals surface area contributed by atoms with E-state index in [-0.39, 0.29) is 69.2 Å². The molecule has 67 heavy (non-hydrogen) atoms. The van der Waals surface area contributed by atoms with Gasteiger partial charge in [-0.05, 0) is 83.2 Å². The molecule has 0 aliphatic carbocycles. The monoisotopic (exact) mass is 962 g/mol. The molecule has 1 unspecified atom stereocenters. The number of likely N-dealkylation sites (tertiary alicyclic amines) is 1. The van der Waals surface area contributed by atoms with Crippen molar-refractivity contribution in [2.45, 2.75) is 134 Å². The molecule has 16 N–H and O–H groups in total. The highest BCUT2D eigenvalue weighted by molar-refractivity contribution is 7.80. The summed E-state index contributed by atoms with van der Waals surface area (Å²) in [7, 11) is 0. The molecule has 374 valence electrons. The molecular weight excluding hydrogens is 891 g/mol. The van der Waals surface area contributed by atoms with Gasteiger partial charge in [-0.15, -0.1) is 0 Å². The molecule has 0 radical (unpaired) electrons. The molecule has 1 heterocycles. The average Bonchev–Trinajstić information content (AvgIpc) is 3.77. The van der Waals surface area contributed by atoms with E-state index in [9.17, 15) is 43.2 Å². The number of carbonyl (C=O) groups is 9. The number of unbranched alkanes of at least 4 members (excludes halogenated alkanes) is 1. The van der Waals surface area contributed by atoms with Crippen molar-refractivity contribution in [1.29, 1.82) is 0 Å². The molecule has 24 heteroatoms. The minimum atomic E-state index is -1.31. The predicted octanol–water partition coefficient (Wildman–Crippen LogP) is -3.32. The summed E-state index contributed by atoms with van der Waals surface area (Å²) in [5.41, 5.74) is 28.1. The Morgan fingerprint density at radius 2 is 1.28 bits per heavy atom. The average molecular weight is 962 g/mol. The van der Waals surface area contributed by atoms with Gasteiger partial charge in [-0.25, -0.2) is 4.79 Å². The Balaban J connectivity index is 2.35. The van der Waals surface area contributed by atoms with Crippen molar-refractivity contribution < 1.29 is 47.9 Å². The summed E-state index contributed by atoms with van der Waals surface area (Å²) in [6.07, 6.45) is 2.33. The van der Waals surface area contributed by atoms with Crippen LogP contribution in [0.2, 0.25) is 0 Å². The van der Waals surface area contributed by atoms with E-state index in [1.165, 1.54) is 18.7 Å². The maximum Gasteiger partial charge on any atom is 0.329 e. The number of amides is 8. The molecule has 8 amide bonds. The first kappa shape index (κ1) is 57.1. The number of esters is 1. The van der Waals surface area contributed by atoms with E-state index in [1.54, 1.807) is 30.3 Å². The van der Waals surface area contributed by atoms with Crippen molar-refractivity contribution >= 4 is 71.8 Å². The lowest BCUT2D eigenvalue weighted by Crippen LogP contribution is -2.60. The second-order valence-corrected chi connectivity index (χ2v) is 17.2. The number of nitrogens with two attached hydrogens (primary N) is 5. The third-order valence-corrected chi connectivity index (χ3v) is 10.9. The number of ether oxygens (including phenoxy) is 1. The number of hydrogen-bond donors (Lipinski definition) is 12. The van der Waals surface area contributed by atoms with Gasteiger partial charge in [0.15, 0.2) is 12.6 Å². The molecule has 0 saturated carbocycles. The van der Waals surface area contributed by atoms with Gasteiger partial charge in [0.25, 0.3) is 5.91 Å². The molecule has 1 aliphatic heterocycles. The smallest absolute Gasteiger partial charge is 0.329 e. The predicted molar refractivity (Wildman–Crippen MR) is 252 cm³/mol. The number of benzene rings is 1. The first-order chi connectivity index (χ1) is 31.7. The summed E-state index contributed by atoms with van der Waals surface area (Å²) in [6, 6.07) is -0.481. The Morgan fingerprint density at radius 3 is 1.85 bits per heavy atom. The lowest BCUT2D eigenvalue weighted by Gasteiger charge is -2.29. The fraction of sp³-hybridized carbons (Fsp3) is 0.628. The molecule has 0 bridgehead atoms. The fourth-order valence-electron chi connectivity index (χ4n) is 6.99. The highest BCUT2D eigenvalue weighted by Crippen LogP contribution is 2.20. The van der Waals surface area contributed by atoms with Crippen LogP contribution in [0.15, 0.2) is 35.3 Å². The van der Waals surface area contributed by atoms with Gasteiger partial charge in [-0.1, -0.05) is 44.2 Å². The number of nitrogens with one attached hydrogen (secondary N) is 6. The van der Waals surface area contributed by atoms with Crippen LogP contribution in [-0.2, 0) is 54.3 Å². The number of hydrogen-bond acceptors (Lipinski definition) is 14. The van der Waals surface area contributed by atoms with Crippen molar-refractivity contribution in [2.24, 2.45) is 39.6 Å². The zero-order valence-electron chi connectivity index (χ0n) is 38.8. The van der Waals surface area contributed by atoms with Crippen molar-refractivity contribution in [3.63, 3.8) is 0 Å². The van der Waals surface area contributed by atoms with Gasteiger partial charge in [0, 0.05) is 25.3 Å². The van der Waals surface area contributed by atoms with Crippen molar-refractivity contribution in [3.05, 3.63) is 35.9 Å². The molecule has 1 saturated heterocycles. The highest BCUT2D eigenvalue weighted by Gasteiger charge is 2.39. The Hall–Kier alpha value is -6.01. The maximum absolute atomic E-state index is 14.2. The first-order valence-corrected chi connectivity index (χ1v) is 23.1. The van der Waals surface area contributed by atoms with Crippen LogP contribution >= 0.6 is 12.6 Å². The van der Waals surface area contributed by atoms with Crippen LogP contribution in [0.3, 0.4) is 0 Å². The lowest BCUT2D eigenvalue weighted by molar-refractivity contribution is -0.156. The molecule has 2 rings (SSSR count). The molecule has 0 aromatic heterocycles. The zero-order valence-corrected chi connectivity index (χ0v) is 39.7. The van der Waals surface area contributed by atoms with E-state index in [4.69, 9.17) is 33.4 Å². The molecule has 1 fully saturated rings. The summed E-state index contributed by atoms with van der Waals surface area (Å²) < 4.78 is 4.92. The second kappa shape index (κ2) is 29.6. The summed E-state index contributed by atoms with van der Waals surface area (Å²) in [5.74, 6) is -7.04. The first-order valence-electron chi connectivity index (χ1n) is 22.4. The SMILES string of the molecule is CC(C)C[C@H](NC(=O)[C@H](CCCCN)NC(=O)[C@H](C)N)C(=O)N[C@@H](CCCN=C(N)N)C(=O)N[C@@H](Cc1ccccc1)C(=O)N[C@@H](C)C(=O)N[C@@H](CS)C(=O)N1CCCC1C(=O)OCC(N)=O. The zero-order chi connectivity index (χ0) is 50.2. The second-order valence-electron chi connectivity index (χ2n) is 16.8. The van der Waals surface area contributed by atoms with Gasteiger partial charge in [0.05, 0.1) is 6.04 Å². The third-order valence-electron chi connectivity index (χ3n) is 10.5. The van der Waals surface area contributed by atoms with Gasteiger partial charge in [0.1, 0.15) is 42.3 Å². The fourth-order valence-corrected chi connectivity index (χ4v) is 7.24. The third kappa shape index (κ3) is 20.6. The highest BCUT2D eigenvalue weighted by atomic mass is 32.1. The Bertz CT molecular complexity index is 1870. The van der Waals surface area contributed by atoms with E-state index in [1.807, 2.05) is 13.8 Å². The Labute approximate surface area is 396 Å². The molecule has 23 nitrogen and oxygen atoms in total. The normalized spacial score (nSPS) is 16.4. The van der Waals surface area contributed by atoms with Crippen LogP contribution in [0.4, 0.5) is 0 Å². The Kier molecular flexibility index (Phi) is 25.2. The van der Waals surface area contributed by atoms with E-state index in [0.717, 1.165) is 0 Å². The molecule has 1 aromatic carbocycles. The number of primary amides is 1. The number of rotatable bonds is 29. The minimum Gasteiger partial charge on any atom is -0.454 e. The van der Waals surface area contributed by atoms with Crippen LogP contribution in [0, 0.1) is 5.92 Å². The topological polar surface area (TPSA) is 381 Å². The maximum atomic E-state index is 14.2. The van der Waals surface area contributed by atoms with E-state index < -0.39 is 108 Å². The van der Waals surface area contributed by atoms with Crippen LogP contribution in [0.1, 0.15) is 84.6 Å². The van der Waals surface area contributed by atoms with Gasteiger partial charge in [0.2, 0.25) is 41.4 Å².